The predicted octanol–water partition coefficient (Wildman–Crippen LogP) is -0.608. The standard InChI is InChI=1S/C7H14N2O2/c1-5(2)7(10)11-6(3-8)4-9/h6H,1,3-4,8-9H2,2H3. The zero-order chi connectivity index (χ0) is 8.85. The molecule has 0 radical (unpaired) electrons. The second-order valence-electron chi connectivity index (χ2n) is 2.28. The van der Waals surface area contributed by atoms with Crippen LogP contribution in [0.1, 0.15) is 6.92 Å². The van der Waals surface area contributed by atoms with Crippen LogP contribution in [0.3, 0.4) is 0 Å². The quantitative estimate of drug-likeness (QED) is 0.422. The van der Waals surface area contributed by atoms with Crippen LogP contribution in [0.2, 0.25) is 0 Å². The highest BCUT2D eigenvalue weighted by atomic mass is 16.5. The van der Waals surface area contributed by atoms with Gasteiger partial charge in [-0.05, 0) is 6.92 Å². The van der Waals surface area contributed by atoms with Gasteiger partial charge < -0.3 is 16.2 Å². The molecule has 0 heterocycles. The SMILES string of the molecule is C=C(C)C(=O)OC(CN)CN. The maximum atomic E-state index is 10.8. The molecule has 0 atom stereocenters. The lowest BCUT2D eigenvalue weighted by Gasteiger charge is -2.12. The minimum absolute atomic E-state index is 0.246. The number of rotatable bonds is 4. The van der Waals surface area contributed by atoms with Gasteiger partial charge in [-0.25, -0.2) is 4.79 Å². The van der Waals surface area contributed by atoms with Crippen molar-refractivity contribution in [1.82, 2.24) is 0 Å². The highest BCUT2D eigenvalue weighted by Gasteiger charge is 2.10. The van der Waals surface area contributed by atoms with Gasteiger partial charge in [0.2, 0.25) is 0 Å². The van der Waals surface area contributed by atoms with Crippen molar-refractivity contribution in [3.63, 3.8) is 0 Å². The highest BCUT2D eigenvalue weighted by Crippen LogP contribution is 1.95. The number of hydrogen-bond acceptors (Lipinski definition) is 4. The molecule has 0 saturated heterocycles. The molecule has 0 unspecified atom stereocenters. The molecule has 0 bridgehead atoms. The van der Waals surface area contributed by atoms with Crippen molar-refractivity contribution in [1.29, 1.82) is 0 Å². The molecule has 0 aliphatic heterocycles. The zero-order valence-electron chi connectivity index (χ0n) is 6.67. The minimum atomic E-state index is -0.439. The molecule has 4 nitrogen and oxygen atoms in total. The summed E-state index contributed by atoms with van der Waals surface area (Å²) in [6, 6.07) is 0. The van der Waals surface area contributed by atoms with Crippen LogP contribution in [-0.4, -0.2) is 25.2 Å². The summed E-state index contributed by atoms with van der Waals surface area (Å²) in [5.74, 6) is -0.439. The molecule has 0 aromatic heterocycles. The molecule has 0 saturated carbocycles. The number of nitrogens with two attached hydrogens (primary N) is 2. The molecule has 4 heteroatoms. The van der Waals surface area contributed by atoms with Crippen LogP contribution >= 0.6 is 0 Å². The Morgan fingerprint density at radius 3 is 2.27 bits per heavy atom. The average molecular weight is 158 g/mol. The maximum Gasteiger partial charge on any atom is 0.333 e. The summed E-state index contributed by atoms with van der Waals surface area (Å²) >= 11 is 0. The molecule has 64 valence electrons. The Labute approximate surface area is 66.2 Å². The lowest BCUT2D eigenvalue weighted by molar-refractivity contribution is -0.143. The van der Waals surface area contributed by atoms with E-state index in [0.29, 0.717) is 5.57 Å². The average Bonchev–Trinajstić information content (AvgIpc) is 1.99. The van der Waals surface area contributed by atoms with Crippen LogP contribution in [0.15, 0.2) is 12.2 Å². The molecule has 0 aromatic carbocycles. The summed E-state index contributed by atoms with van der Waals surface area (Å²) in [5, 5.41) is 0. The Morgan fingerprint density at radius 1 is 1.55 bits per heavy atom. The summed E-state index contributed by atoms with van der Waals surface area (Å²) < 4.78 is 4.82. The molecule has 11 heavy (non-hydrogen) atoms. The first-order valence-electron chi connectivity index (χ1n) is 3.38. The topological polar surface area (TPSA) is 78.3 Å². The van der Waals surface area contributed by atoms with Gasteiger partial charge in [0.05, 0.1) is 0 Å². The summed E-state index contributed by atoms with van der Waals surface area (Å²) in [5.41, 5.74) is 10.8. The molecule has 0 spiro atoms. The lowest BCUT2D eigenvalue weighted by Crippen LogP contribution is -2.33. The highest BCUT2D eigenvalue weighted by molar-refractivity contribution is 5.87. The first kappa shape index (κ1) is 10.1. The third-order valence-corrected chi connectivity index (χ3v) is 1.15. The van der Waals surface area contributed by atoms with Crippen LogP contribution < -0.4 is 11.5 Å². The van der Waals surface area contributed by atoms with Crippen LogP contribution in [0.25, 0.3) is 0 Å². The Morgan fingerprint density at radius 2 is 2.00 bits per heavy atom. The van der Waals surface area contributed by atoms with Gasteiger partial charge in [-0.1, -0.05) is 6.58 Å². The van der Waals surface area contributed by atoms with E-state index in [1.54, 1.807) is 6.92 Å². The fourth-order valence-electron chi connectivity index (χ4n) is 0.444. The van der Waals surface area contributed by atoms with Crippen LogP contribution in [0.5, 0.6) is 0 Å². The van der Waals surface area contributed by atoms with Crippen molar-refractivity contribution in [2.75, 3.05) is 13.1 Å². The molecule has 0 rings (SSSR count). The van der Waals surface area contributed by atoms with E-state index in [0.717, 1.165) is 0 Å². The van der Waals surface area contributed by atoms with Crippen molar-refractivity contribution in [3.05, 3.63) is 12.2 Å². The minimum Gasteiger partial charge on any atom is -0.456 e. The van der Waals surface area contributed by atoms with Gasteiger partial charge in [-0.15, -0.1) is 0 Å². The Bertz CT molecular complexity index is 153. The van der Waals surface area contributed by atoms with Gasteiger partial charge in [0.1, 0.15) is 6.10 Å². The van der Waals surface area contributed by atoms with Gasteiger partial charge in [-0.2, -0.15) is 0 Å². The van der Waals surface area contributed by atoms with Gasteiger partial charge >= 0.3 is 5.97 Å². The van der Waals surface area contributed by atoms with Gasteiger partial charge in [0.15, 0.2) is 0 Å². The number of carbonyl (C=O) groups is 1. The fourth-order valence-corrected chi connectivity index (χ4v) is 0.444. The second-order valence-corrected chi connectivity index (χ2v) is 2.28. The molecule has 4 N–H and O–H groups in total. The Hall–Kier alpha value is -0.870. The van der Waals surface area contributed by atoms with Crippen molar-refractivity contribution in [2.45, 2.75) is 13.0 Å². The molecule has 0 aliphatic rings. The molecule has 0 amide bonds. The Kier molecular flexibility index (Phi) is 4.49. The number of esters is 1. The summed E-state index contributed by atoms with van der Waals surface area (Å²) in [4.78, 5) is 10.8. The van der Waals surface area contributed by atoms with E-state index in [1.165, 1.54) is 0 Å². The van der Waals surface area contributed by atoms with E-state index in [-0.39, 0.29) is 19.2 Å². The normalized spacial score (nSPS) is 9.82. The van der Waals surface area contributed by atoms with Gasteiger partial charge in [0.25, 0.3) is 0 Å². The smallest absolute Gasteiger partial charge is 0.333 e. The molecular weight excluding hydrogens is 144 g/mol. The number of hydrogen-bond donors (Lipinski definition) is 2. The lowest BCUT2D eigenvalue weighted by atomic mass is 10.3. The zero-order valence-corrected chi connectivity index (χ0v) is 6.67. The van der Waals surface area contributed by atoms with E-state index in [4.69, 9.17) is 16.2 Å². The molecule has 0 fully saturated rings. The summed E-state index contributed by atoms with van der Waals surface area (Å²) in [7, 11) is 0. The first-order chi connectivity index (χ1) is 5.11. The van der Waals surface area contributed by atoms with Crippen molar-refractivity contribution in [2.24, 2.45) is 11.5 Å². The fraction of sp³-hybridized carbons (Fsp3) is 0.571. The van der Waals surface area contributed by atoms with E-state index < -0.39 is 5.97 Å². The third kappa shape index (κ3) is 3.75. The van der Waals surface area contributed by atoms with Crippen molar-refractivity contribution >= 4 is 5.97 Å². The number of carbonyl (C=O) groups excluding carboxylic acids is 1. The van der Waals surface area contributed by atoms with Gasteiger partial charge in [-0.3, -0.25) is 0 Å². The van der Waals surface area contributed by atoms with Crippen LogP contribution in [0, 0.1) is 0 Å². The second kappa shape index (κ2) is 4.87. The van der Waals surface area contributed by atoms with E-state index >= 15 is 0 Å². The van der Waals surface area contributed by atoms with Crippen LogP contribution in [-0.2, 0) is 9.53 Å². The molecular formula is C7H14N2O2. The molecule has 0 aliphatic carbocycles. The third-order valence-electron chi connectivity index (χ3n) is 1.15. The Balaban J connectivity index is 3.81. The largest absolute Gasteiger partial charge is 0.456 e. The maximum absolute atomic E-state index is 10.8. The van der Waals surface area contributed by atoms with Crippen molar-refractivity contribution < 1.29 is 9.53 Å². The monoisotopic (exact) mass is 158 g/mol. The van der Waals surface area contributed by atoms with Gasteiger partial charge in [0, 0.05) is 18.7 Å². The van der Waals surface area contributed by atoms with E-state index in [1.807, 2.05) is 0 Å². The van der Waals surface area contributed by atoms with Crippen molar-refractivity contribution in [3.8, 4) is 0 Å². The first-order valence-corrected chi connectivity index (χ1v) is 3.38. The molecule has 0 aromatic rings. The number of ether oxygens (including phenoxy) is 1. The van der Waals surface area contributed by atoms with Crippen LogP contribution in [0.4, 0.5) is 0 Å². The summed E-state index contributed by atoms with van der Waals surface area (Å²) in [6.07, 6.45) is -0.390. The van der Waals surface area contributed by atoms with E-state index in [9.17, 15) is 4.79 Å². The summed E-state index contributed by atoms with van der Waals surface area (Å²) in [6.45, 7) is 5.49. The predicted molar refractivity (Wildman–Crippen MR) is 42.8 cm³/mol. The van der Waals surface area contributed by atoms with E-state index in [2.05, 4.69) is 6.58 Å².